The summed E-state index contributed by atoms with van der Waals surface area (Å²) >= 11 is 6.05. The number of nitrogens with zero attached hydrogens (tertiary/aromatic N) is 2. The van der Waals surface area contributed by atoms with Crippen molar-refractivity contribution in [3.05, 3.63) is 161 Å². The lowest BCUT2D eigenvalue weighted by atomic mass is 9.47. The Labute approximate surface area is 459 Å². The molecule has 4 aliphatic rings. The first-order chi connectivity index (χ1) is 36.3. The number of hydrogen-bond donors (Lipinski definition) is 0. The molecule has 6 heteroatoms. The van der Waals surface area contributed by atoms with Crippen LogP contribution in [0.15, 0.2) is 133 Å². The molecule has 2 aliphatic carbocycles. The van der Waals surface area contributed by atoms with Crippen LogP contribution < -0.4 is 15.1 Å². The van der Waals surface area contributed by atoms with Crippen LogP contribution in [0.1, 0.15) is 130 Å². The van der Waals surface area contributed by atoms with Crippen molar-refractivity contribution in [1.82, 2.24) is 4.57 Å². The van der Waals surface area contributed by atoms with Gasteiger partial charge in [-0.05, 0) is 169 Å². The van der Waals surface area contributed by atoms with Gasteiger partial charge in [0.25, 0.3) is 0 Å². The second-order valence-corrected chi connectivity index (χ2v) is 30.1. The van der Waals surface area contributed by atoms with E-state index in [1.165, 1.54) is 175 Å². The fraction of sp³-hybridized carbons (Fsp3) is 0.286. The molecule has 0 bridgehead atoms. The summed E-state index contributed by atoms with van der Waals surface area (Å²) in [6, 6.07) is 53.3. The highest BCUT2D eigenvalue weighted by molar-refractivity contribution is 7.32. The van der Waals surface area contributed by atoms with Crippen LogP contribution in [0.5, 0.6) is 0 Å². The fourth-order valence-corrected chi connectivity index (χ4v) is 18.5. The molecule has 0 fully saturated rings. The molecular weight excluding hydrogens is 976 g/mol. The molecule has 76 heavy (non-hydrogen) atoms. The van der Waals surface area contributed by atoms with Crippen molar-refractivity contribution in [2.45, 2.75) is 129 Å². The molecule has 4 aromatic heterocycles. The number of fused-ring (bicyclic) bond motifs is 20. The second kappa shape index (κ2) is 14.9. The number of thiophene rings is 3. The number of hydrogen-bond acceptors (Lipinski definition) is 4. The van der Waals surface area contributed by atoms with Gasteiger partial charge in [-0.15, -0.1) is 34.0 Å². The summed E-state index contributed by atoms with van der Waals surface area (Å²) in [4.78, 5) is 2.81. The van der Waals surface area contributed by atoms with Gasteiger partial charge >= 0.3 is 6.85 Å². The monoisotopic (exact) mass is 1040 g/mol. The maximum absolute atomic E-state index is 2.81. The molecule has 12 aromatic rings. The van der Waals surface area contributed by atoms with Gasteiger partial charge < -0.3 is 9.38 Å². The predicted molar refractivity (Wildman–Crippen MR) is 336 cm³/mol. The van der Waals surface area contributed by atoms with Crippen molar-refractivity contribution in [3.63, 3.8) is 0 Å². The van der Waals surface area contributed by atoms with E-state index in [0.717, 1.165) is 0 Å². The maximum Gasteiger partial charge on any atom is 0.343 e. The first-order valence-corrected chi connectivity index (χ1v) is 30.3. The molecule has 6 heterocycles. The predicted octanol–water partition coefficient (Wildman–Crippen LogP) is 19.6. The first kappa shape index (κ1) is 46.0. The number of benzene rings is 8. The van der Waals surface area contributed by atoms with Gasteiger partial charge in [-0.2, -0.15) is 0 Å². The summed E-state index contributed by atoms with van der Waals surface area (Å²) in [6.45, 7) is 26.8. The van der Waals surface area contributed by atoms with E-state index in [4.69, 9.17) is 0 Å². The second-order valence-electron chi connectivity index (χ2n) is 26.9. The highest BCUT2D eigenvalue weighted by Gasteiger charge is 2.49. The maximum atomic E-state index is 2.81. The third kappa shape index (κ3) is 6.05. The van der Waals surface area contributed by atoms with E-state index in [0.29, 0.717) is 0 Å². The Hall–Kier alpha value is -6.18. The Morgan fingerprint density at radius 3 is 1.79 bits per heavy atom. The average Bonchev–Trinajstić information content (AvgIpc) is 4.01. The van der Waals surface area contributed by atoms with Gasteiger partial charge in [0.2, 0.25) is 0 Å². The molecule has 0 unspecified atom stereocenters. The van der Waals surface area contributed by atoms with Gasteiger partial charge in [0, 0.05) is 82.9 Å². The summed E-state index contributed by atoms with van der Waals surface area (Å²) in [5.74, 6) is 0. The normalized spacial score (nSPS) is 17.8. The Kier molecular flexibility index (Phi) is 9.01. The van der Waals surface area contributed by atoms with Gasteiger partial charge in [-0.1, -0.05) is 143 Å². The molecule has 0 spiro atoms. The molecule has 0 amide bonds. The largest absolute Gasteiger partial charge is 0.376 e. The highest BCUT2D eigenvalue weighted by Crippen LogP contribution is 2.58. The van der Waals surface area contributed by atoms with E-state index in [9.17, 15) is 0 Å². The Bertz CT molecular complexity index is 4560. The van der Waals surface area contributed by atoms with E-state index in [1.807, 2.05) is 34.0 Å². The molecule has 2 nitrogen and oxygen atoms in total. The SMILES string of the molecule is CC(C)(C)c1ccc(N2B3c4sc5ccc(-c6ccccc6)cc5c4-n4c5cc6c(cc5c5c7sc8ccccc8c7c(c3c54)-c3cc4sc5cc7c(cc5c4cc32)C(C)(C)CCC7(C)C)C(C)(C)CCC6(C)C)cc1. The van der Waals surface area contributed by atoms with E-state index in [1.54, 1.807) is 0 Å². The van der Waals surface area contributed by atoms with Crippen molar-refractivity contribution in [3.8, 4) is 27.9 Å². The van der Waals surface area contributed by atoms with E-state index >= 15 is 0 Å². The summed E-state index contributed by atoms with van der Waals surface area (Å²) < 4.78 is 11.1. The van der Waals surface area contributed by atoms with Gasteiger partial charge in [-0.3, -0.25) is 0 Å². The minimum atomic E-state index is -0.0877. The Balaban J connectivity index is 1.12. The van der Waals surface area contributed by atoms with Gasteiger partial charge in [-0.25, -0.2) is 0 Å². The highest BCUT2D eigenvalue weighted by atomic mass is 32.1. The van der Waals surface area contributed by atoms with Gasteiger partial charge in [0.15, 0.2) is 0 Å². The third-order valence-corrected chi connectivity index (χ3v) is 23.0. The van der Waals surface area contributed by atoms with Crippen LogP contribution in [-0.2, 0) is 27.1 Å². The van der Waals surface area contributed by atoms with Crippen LogP contribution in [-0.4, -0.2) is 11.4 Å². The van der Waals surface area contributed by atoms with Gasteiger partial charge in [0.1, 0.15) is 0 Å². The molecule has 2 aliphatic heterocycles. The van der Waals surface area contributed by atoms with Crippen LogP contribution in [0, 0.1) is 0 Å². The zero-order chi connectivity index (χ0) is 51.9. The average molecular weight is 1040 g/mol. The van der Waals surface area contributed by atoms with Crippen molar-refractivity contribution >= 4 is 135 Å². The zero-order valence-electron chi connectivity index (χ0n) is 45.7. The lowest BCUT2D eigenvalue weighted by Crippen LogP contribution is -2.59. The van der Waals surface area contributed by atoms with Crippen LogP contribution in [0.2, 0.25) is 0 Å². The van der Waals surface area contributed by atoms with E-state index in [-0.39, 0.29) is 33.9 Å². The van der Waals surface area contributed by atoms with Crippen molar-refractivity contribution in [1.29, 1.82) is 0 Å². The molecule has 0 saturated carbocycles. The summed E-state index contributed by atoms with van der Waals surface area (Å²) in [5.41, 5.74) is 21.2. The number of aromatic nitrogens is 1. The van der Waals surface area contributed by atoms with E-state index in [2.05, 4.69) is 219 Å². The topological polar surface area (TPSA) is 8.17 Å². The summed E-state index contributed by atoms with van der Waals surface area (Å²) in [7, 11) is 0. The Morgan fingerprint density at radius 1 is 0.487 bits per heavy atom. The number of rotatable bonds is 2. The van der Waals surface area contributed by atoms with Crippen LogP contribution in [0.3, 0.4) is 0 Å². The van der Waals surface area contributed by atoms with Crippen molar-refractivity contribution in [2.75, 3.05) is 4.81 Å². The standard InChI is InChI=1S/C70H63BN2S3/c1-66(2,3)40-22-24-41(25-23-40)73-53-34-44-43-32-48-51(70(10,11)30-28-67(48,4)5)37-57(43)74-56(44)35-46(53)58-59-42-19-15-16-20-54(42)75-64(59)60-45-33-49-50(69(8,9)29-27-68(49,6)7)36-52(45)72-62-47-31-39(38-17-13-12-14-18-38)21-26-55(47)76-65(62)71(73)61(58)63(60)72/h12-26,31-37H,27-30H2,1-11H3. The lowest BCUT2D eigenvalue weighted by molar-refractivity contribution is 0.332. The molecule has 0 saturated heterocycles. The van der Waals surface area contributed by atoms with Crippen LogP contribution in [0.25, 0.3) is 100 Å². The quantitative estimate of drug-likeness (QED) is 0.157. The van der Waals surface area contributed by atoms with Crippen molar-refractivity contribution in [2.24, 2.45) is 0 Å². The van der Waals surface area contributed by atoms with E-state index < -0.39 is 0 Å². The molecule has 0 atom stereocenters. The third-order valence-electron chi connectivity index (χ3n) is 19.4. The van der Waals surface area contributed by atoms with Gasteiger partial charge in [0.05, 0.1) is 16.7 Å². The minimum Gasteiger partial charge on any atom is -0.376 e. The molecule has 0 radical (unpaired) electrons. The fourth-order valence-electron chi connectivity index (χ4n) is 14.9. The molecular formula is C70H63BN2S3. The minimum absolute atomic E-state index is 0.0229. The van der Waals surface area contributed by atoms with Crippen LogP contribution >= 0.6 is 34.0 Å². The van der Waals surface area contributed by atoms with Crippen LogP contribution in [0.4, 0.5) is 11.4 Å². The smallest absolute Gasteiger partial charge is 0.343 e. The summed E-state index contributed by atoms with van der Waals surface area (Å²) in [5, 5.41) is 9.72. The Morgan fingerprint density at radius 2 is 1.09 bits per heavy atom. The molecule has 374 valence electrons. The molecule has 16 rings (SSSR count). The zero-order valence-corrected chi connectivity index (χ0v) is 48.2. The molecule has 8 aromatic carbocycles. The summed E-state index contributed by atoms with van der Waals surface area (Å²) in [6.07, 6.45) is 4.76. The van der Waals surface area contributed by atoms with Crippen molar-refractivity contribution < 1.29 is 0 Å². The molecule has 0 N–H and O–H groups in total. The lowest BCUT2D eigenvalue weighted by Gasteiger charge is -2.42. The first-order valence-electron chi connectivity index (χ1n) is 27.9. The number of anilines is 2.